The molecule has 1 atom stereocenters. The van der Waals surface area contributed by atoms with Crippen molar-refractivity contribution in [1.29, 1.82) is 0 Å². The summed E-state index contributed by atoms with van der Waals surface area (Å²) in [7, 11) is 0. The smallest absolute Gasteiger partial charge is 0.245 e. The van der Waals surface area contributed by atoms with Gasteiger partial charge in [0, 0.05) is 57.5 Å². The fourth-order valence-electron chi connectivity index (χ4n) is 3.44. The summed E-state index contributed by atoms with van der Waals surface area (Å²) in [4.78, 5) is 21.7. The van der Waals surface area contributed by atoms with Crippen molar-refractivity contribution < 1.29 is 4.79 Å². The van der Waals surface area contributed by atoms with Gasteiger partial charge < -0.3 is 9.47 Å². The van der Waals surface area contributed by atoms with Crippen LogP contribution in [0.2, 0.25) is 0 Å². The third-order valence-electron chi connectivity index (χ3n) is 4.78. The standard InChI is InChI=1S/C20H28N4O/c1-17(2)14-19(23-8-3-4-9-23)20(25)24-12-10-22(11-13-24)16-18-6-5-7-21-15-18/h3-9,15,17,19H,10-14,16H2,1-2H3/t19-/m1/s1. The quantitative estimate of drug-likeness (QED) is 0.812. The SMILES string of the molecule is CC(C)C[C@H](C(=O)N1CCN(Cc2cccnc2)CC1)n1cccc1. The number of amides is 1. The van der Waals surface area contributed by atoms with E-state index in [0.29, 0.717) is 5.92 Å². The van der Waals surface area contributed by atoms with Gasteiger partial charge in [0.05, 0.1) is 0 Å². The van der Waals surface area contributed by atoms with Crippen LogP contribution in [-0.4, -0.2) is 51.4 Å². The molecule has 1 saturated heterocycles. The number of rotatable bonds is 6. The van der Waals surface area contributed by atoms with Gasteiger partial charge in [-0.05, 0) is 36.1 Å². The number of hydrogen-bond donors (Lipinski definition) is 0. The Hall–Kier alpha value is -2.14. The highest BCUT2D eigenvalue weighted by atomic mass is 16.2. The largest absolute Gasteiger partial charge is 0.342 e. The van der Waals surface area contributed by atoms with Gasteiger partial charge in [0.1, 0.15) is 6.04 Å². The Bertz CT molecular complexity index is 646. The highest BCUT2D eigenvalue weighted by Crippen LogP contribution is 2.21. The molecule has 0 N–H and O–H groups in total. The average Bonchev–Trinajstić information content (AvgIpc) is 3.15. The fraction of sp³-hybridized carbons (Fsp3) is 0.500. The minimum Gasteiger partial charge on any atom is -0.342 e. The second-order valence-electron chi connectivity index (χ2n) is 7.24. The van der Waals surface area contributed by atoms with Gasteiger partial charge in [-0.3, -0.25) is 14.7 Å². The lowest BCUT2D eigenvalue weighted by Crippen LogP contribution is -2.50. The maximum absolute atomic E-state index is 13.1. The van der Waals surface area contributed by atoms with E-state index < -0.39 is 0 Å². The molecule has 0 aliphatic carbocycles. The Morgan fingerprint density at radius 3 is 2.44 bits per heavy atom. The second kappa shape index (κ2) is 8.30. The van der Waals surface area contributed by atoms with Crippen LogP contribution in [0.1, 0.15) is 31.9 Å². The van der Waals surface area contributed by atoms with Crippen molar-refractivity contribution in [2.75, 3.05) is 26.2 Å². The minimum atomic E-state index is -0.0835. The van der Waals surface area contributed by atoms with Crippen LogP contribution in [0.3, 0.4) is 0 Å². The summed E-state index contributed by atoms with van der Waals surface area (Å²) in [5.41, 5.74) is 1.23. The Kier molecular flexibility index (Phi) is 5.87. The molecule has 2 aromatic heterocycles. The van der Waals surface area contributed by atoms with Gasteiger partial charge in [0.15, 0.2) is 0 Å². The van der Waals surface area contributed by atoms with E-state index in [0.717, 1.165) is 39.1 Å². The molecule has 2 aromatic rings. The van der Waals surface area contributed by atoms with Gasteiger partial charge in [0.25, 0.3) is 0 Å². The monoisotopic (exact) mass is 340 g/mol. The van der Waals surface area contributed by atoms with E-state index in [4.69, 9.17) is 0 Å². The van der Waals surface area contributed by atoms with E-state index in [2.05, 4.69) is 34.4 Å². The van der Waals surface area contributed by atoms with Gasteiger partial charge in [-0.15, -0.1) is 0 Å². The molecule has 0 spiro atoms. The first-order valence-electron chi connectivity index (χ1n) is 9.16. The minimum absolute atomic E-state index is 0.0835. The molecule has 5 nitrogen and oxygen atoms in total. The predicted octanol–water partition coefficient (Wildman–Crippen LogP) is 2.81. The molecule has 25 heavy (non-hydrogen) atoms. The number of hydrogen-bond acceptors (Lipinski definition) is 3. The molecular formula is C20H28N4O. The molecule has 1 aliphatic rings. The third kappa shape index (κ3) is 4.69. The number of nitrogens with zero attached hydrogens (tertiary/aromatic N) is 4. The molecule has 0 aromatic carbocycles. The van der Waals surface area contributed by atoms with Crippen molar-refractivity contribution in [2.45, 2.75) is 32.9 Å². The summed E-state index contributed by atoms with van der Waals surface area (Å²) < 4.78 is 2.06. The lowest BCUT2D eigenvalue weighted by Gasteiger charge is -2.37. The van der Waals surface area contributed by atoms with Crippen molar-refractivity contribution >= 4 is 5.91 Å². The zero-order chi connectivity index (χ0) is 17.6. The third-order valence-corrected chi connectivity index (χ3v) is 4.78. The zero-order valence-corrected chi connectivity index (χ0v) is 15.2. The first-order valence-corrected chi connectivity index (χ1v) is 9.16. The lowest BCUT2D eigenvalue weighted by molar-refractivity contribution is -0.137. The molecular weight excluding hydrogens is 312 g/mol. The number of piperazine rings is 1. The highest BCUT2D eigenvalue weighted by Gasteiger charge is 2.28. The van der Waals surface area contributed by atoms with Crippen LogP contribution in [0.15, 0.2) is 49.1 Å². The Morgan fingerprint density at radius 1 is 1.12 bits per heavy atom. The first kappa shape index (κ1) is 17.7. The van der Waals surface area contributed by atoms with Crippen LogP contribution in [0.25, 0.3) is 0 Å². The van der Waals surface area contributed by atoms with Gasteiger partial charge in [0.2, 0.25) is 5.91 Å². The van der Waals surface area contributed by atoms with E-state index in [9.17, 15) is 4.79 Å². The Labute approximate surface area is 150 Å². The van der Waals surface area contributed by atoms with E-state index in [1.807, 2.05) is 41.7 Å². The van der Waals surface area contributed by atoms with E-state index in [1.54, 1.807) is 6.20 Å². The molecule has 1 amide bonds. The van der Waals surface area contributed by atoms with Crippen LogP contribution in [0.5, 0.6) is 0 Å². The lowest BCUT2D eigenvalue weighted by atomic mass is 10.0. The zero-order valence-electron chi connectivity index (χ0n) is 15.2. The Balaban J connectivity index is 1.58. The van der Waals surface area contributed by atoms with Gasteiger partial charge >= 0.3 is 0 Å². The summed E-state index contributed by atoms with van der Waals surface area (Å²) in [5, 5.41) is 0. The molecule has 1 aliphatic heterocycles. The van der Waals surface area contributed by atoms with Gasteiger partial charge in [-0.1, -0.05) is 19.9 Å². The molecule has 0 bridgehead atoms. The van der Waals surface area contributed by atoms with Crippen LogP contribution in [-0.2, 0) is 11.3 Å². The molecule has 0 radical (unpaired) electrons. The molecule has 134 valence electrons. The normalized spacial score (nSPS) is 17.0. The summed E-state index contributed by atoms with van der Waals surface area (Å²) in [5.74, 6) is 0.745. The molecule has 3 heterocycles. The summed E-state index contributed by atoms with van der Waals surface area (Å²) in [6.07, 6.45) is 8.61. The second-order valence-corrected chi connectivity index (χ2v) is 7.24. The van der Waals surface area contributed by atoms with E-state index in [-0.39, 0.29) is 11.9 Å². The molecule has 5 heteroatoms. The van der Waals surface area contributed by atoms with Gasteiger partial charge in [-0.2, -0.15) is 0 Å². The number of aromatic nitrogens is 2. The van der Waals surface area contributed by atoms with Crippen molar-refractivity contribution in [3.05, 3.63) is 54.6 Å². The van der Waals surface area contributed by atoms with Crippen molar-refractivity contribution in [2.24, 2.45) is 5.92 Å². The van der Waals surface area contributed by atoms with Crippen molar-refractivity contribution in [3.63, 3.8) is 0 Å². The number of carbonyl (C=O) groups excluding carboxylic acids is 1. The highest BCUT2D eigenvalue weighted by molar-refractivity contribution is 5.80. The summed E-state index contributed by atoms with van der Waals surface area (Å²) in [6, 6.07) is 7.98. The molecule has 0 saturated carbocycles. The number of pyridine rings is 1. The fourth-order valence-corrected chi connectivity index (χ4v) is 3.44. The first-order chi connectivity index (χ1) is 12.1. The van der Waals surface area contributed by atoms with E-state index in [1.165, 1.54) is 5.56 Å². The van der Waals surface area contributed by atoms with Crippen molar-refractivity contribution in [3.8, 4) is 0 Å². The molecule has 3 rings (SSSR count). The van der Waals surface area contributed by atoms with Crippen LogP contribution in [0.4, 0.5) is 0 Å². The van der Waals surface area contributed by atoms with Gasteiger partial charge in [-0.25, -0.2) is 0 Å². The van der Waals surface area contributed by atoms with Crippen molar-refractivity contribution in [1.82, 2.24) is 19.4 Å². The molecule has 1 fully saturated rings. The van der Waals surface area contributed by atoms with Crippen LogP contribution >= 0.6 is 0 Å². The topological polar surface area (TPSA) is 41.4 Å². The maximum Gasteiger partial charge on any atom is 0.245 e. The summed E-state index contributed by atoms with van der Waals surface area (Å²) in [6.45, 7) is 8.69. The van der Waals surface area contributed by atoms with Crippen LogP contribution in [0, 0.1) is 5.92 Å². The van der Waals surface area contributed by atoms with Crippen LogP contribution < -0.4 is 0 Å². The average molecular weight is 340 g/mol. The molecule has 0 unspecified atom stereocenters. The maximum atomic E-state index is 13.1. The summed E-state index contributed by atoms with van der Waals surface area (Å²) >= 11 is 0. The predicted molar refractivity (Wildman–Crippen MR) is 99.0 cm³/mol. The van der Waals surface area contributed by atoms with E-state index >= 15 is 0 Å². The Morgan fingerprint density at radius 2 is 1.84 bits per heavy atom. The number of carbonyl (C=O) groups is 1.